The third kappa shape index (κ3) is 5.43. The highest BCUT2D eigenvalue weighted by atomic mass is 32.2. The zero-order valence-corrected chi connectivity index (χ0v) is 19.2. The van der Waals surface area contributed by atoms with Crippen LogP contribution in [0.4, 0.5) is 23.0 Å². The summed E-state index contributed by atoms with van der Waals surface area (Å²) in [7, 11) is 0. The Morgan fingerprint density at radius 2 is 1.94 bits per heavy atom. The summed E-state index contributed by atoms with van der Waals surface area (Å²) in [5.74, 6) is 0.686. The second-order valence-electron chi connectivity index (χ2n) is 7.67. The minimum absolute atomic E-state index is 0.131. The molecule has 0 bridgehead atoms. The van der Waals surface area contributed by atoms with Crippen LogP contribution >= 0.6 is 11.8 Å². The van der Waals surface area contributed by atoms with Crippen LogP contribution in [0.15, 0.2) is 59.8 Å². The molecule has 0 unspecified atom stereocenters. The molecular weight excluding hydrogens is 436 g/mol. The molecule has 8 nitrogen and oxygen atoms in total. The Morgan fingerprint density at radius 1 is 1.12 bits per heavy atom. The largest absolute Gasteiger partial charge is 0.380 e. The van der Waals surface area contributed by atoms with E-state index in [-0.39, 0.29) is 5.91 Å². The lowest BCUT2D eigenvalue weighted by atomic mass is 10.1. The van der Waals surface area contributed by atoms with Crippen molar-refractivity contribution in [1.29, 1.82) is 0 Å². The van der Waals surface area contributed by atoms with E-state index in [0.717, 1.165) is 35.5 Å². The van der Waals surface area contributed by atoms with E-state index in [2.05, 4.69) is 26.7 Å². The number of amides is 2. The lowest BCUT2D eigenvalue weighted by molar-refractivity contribution is -0.119. The van der Waals surface area contributed by atoms with Gasteiger partial charge >= 0.3 is 0 Å². The molecule has 4 N–H and O–H groups in total. The Bertz CT molecular complexity index is 1150. The van der Waals surface area contributed by atoms with Gasteiger partial charge in [0.1, 0.15) is 11.6 Å². The minimum Gasteiger partial charge on any atom is -0.380 e. The molecule has 1 aromatic carbocycles. The van der Waals surface area contributed by atoms with Crippen molar-refractivity contribution in [1.82, 2.24) is 9.97 Å². The molecule has 3 aromatic rings. The quantitative estimate of drug-likeness (QED) is 0.431. The van der Waals surface area contributed by atoms with Gasteiger partial charge in [-0.25, -0.2) is 9.97 Å². The van der Waals surface area contributed by atoms with Crippen molar-refractivity contribution < 1.29 is 9.59 Å². The van der Waals surface area contributed by atoms with Crippen molar-refractivity contribution in [2.45, 2.75) is 30.7 Å². The number of pyridine rings is 2. The number of nitrogens with one attached hydrogen (secondary N) is 2. The Morgan fingerprint density at radius 3 is 2.67 bits per heavy atom. The number of anilines is 4. The van der Waals surface area contributed by atoms with Crippen LogP contribution in [-0.4, -0.2) is 34.6 Å². The number of primary amides is 1. The van der Waals surface area contributed by atoms with Gasteiger partial charge in [-0.15, -0.1) is 11.8 Å². The molecule has 3 heterocycles. The first-order valence-electron chi connectivity index (χ1n) is 10.7. The van der Waals surface area contributed by atoms with Gasteiger partial charge in [-0.1, -0.05) is 18.2 Å². The van der Waals surface area contributed by atoms with Crippen molar-refractivity contribution >= 4 is 46.6 Å². The van der Waals surface area contributed by atoms with Crippen LogP contribution in [0.1, 0.15) is 35.2 Å². The summed E-state index contributed by atoms with van der Waals surface area (Å²) in [5, 5.41) is 6.46. The first-order chi connectivity index (χ1) is 16.0. The highest BCUT2D eigenvalue weighted by Gasteiger charge is 2.19. The molecule has 0 aliphatic carbocycles. The maximum atomic E-state index is 12.1. The molecule has 2 amide bonds. The summed E-state index contributed by atoms with van der Waals surface area (Å²) in [5.41, 5.74) is 8.37. The number of hydrogen-bond acceptors (Lipinski definition) is 7. The molecule has 0 spiro atoms. The number of nitrogens with two attached hydrogens (primary N) is 1. The lowest BCUT2D eigenvalue weighted by Gasteiger charge is -2.26. The summed E-state index contributed by atoms with van der Waals surface area (Å²) in [6, 6.07) is 13.5. The molecule has 2 aromatic heterocycles. The summed E-state index contributed by atoms with van der Waals surface area (Å²) < 4.78 is 0. The van der Waals surface area contributed by atoms with Gasteiger partial charge in [0.25, 0.3) is 5.91 Å². The molecule has 1 aliphatic heterocycles. The summed E-state index contributed by atoms with van der Waals surface area (Å²) in [4.78, 5) is 35.7. The predicted molar refractivity (Wildman–Crippen MR) is 132 cm³/mol. The summed E-state index contributed by atoms with van der Waals surface area (Å²) in [6.07, 6.45) is 7.68. The van der Waals surface area contributed by atoms with E-state index >= 15 is 0 Å². The average Bonchev–Trinajstić information content (AvgIpc) is 2.84. The van der Waals surface area contributed by atoms with Gasteiger partial charge < -0.3 is 21.3 Å². The zero-order valence-electron chi connectivity index (χ0n) is 18.4. The van der Waals surface area contributed by atoms with Crippen LogP contribution in [0.2, 0.25) is 0 Å². The Hall–Kier alpha value is -3.59. The number of piperidine rings is 1. The first-order valence-corrected chi connectivity index (χ1v) is 12.0. The van der Waals surface area contributed by atoms with E-state index in [1.807, 2.05) is 36.6 Å². The van der Waals surface area contributed by atoms with Crippen LogP contribution < -0.4 is 21.3 Å². The normalized spacial score (nSPS) is 13.6. The fourth-order valence-corrected chi connectivity index (χ4v) is 4.35. The van der Waals surface area contributed by atoms with Crippen LogP contribution in [0, 0.1) is 0 Å². The van der Waals surface area contributed by atoms with Crippen LogP contribution in [0.3, 0.4) is 0 Å². The fraction of sp³-hybridized carbons (Fsp3) is 0.250. The van der Waals surface area contributed by atoms with E-state index in [0.29, 0.717) is 35.9 Å². The molecule has 9 heteroatoms. The van der Waals surface area contributed by atoms with E-state index in [1.165, 1.54) is 6.20 Å². The van der Waals surface area contributed by atoms with Crippen molar-refractivity contribution in [2.75, 3.05) is 28.3 Å². The van der Waals surface area contributed by atoms with Gasteiger partial charge in [0.15, 0.2) is 0 Å². The third-order valence-corrected chi connectivity index (χ3v) is 6.31. The number of aromatic nitrogens is 2. The Balaban J connectivity index is 1.50. The van der Waals surface area contributed by atoms with Crippen LogP contribution in [-0.2, 0) is 11.3 Å². The number of rotatable bonds is 8. The SMILES string of the molecule is CSc1ccccc1CNc1cc(Nc2ccc(N3CCCCC3=O)cn2)ncc1C(N)=O. The van der Waals surface area contributed by atoms with Crippen molar-refractivity contribution in [2.24, 2.45) is 5.73 Å². The number of benzene rings is 1. The molecule has 0 saturated carbocycles. The van der Waals surface area contributed by atoms with Gasteiger partial charge in [-0.05, 0) is 42.9 Å². The maximum Gasteiger partial charge on any atom is 0.252 e. The van der Waals surface area contributed by atoms with Gasteiger partial charge in [-0.2, -0.15) is 0 Å². The number of nitrogens with zero attached hydrogens (tertiary/aromatic N) is 3. The zero-order chi connectivity index (χ0) is 23.2. The summed E-state index contributed by atoms with van der Waals surface area (Å²) in [6.45, 7) is 1.26. The predicted octanol–water partition coefficient (Wildman–Crippen LogP) is 4.17. The Labute approximate surface area is 197 Å². The number of carbonyl (C=O) groups is 2. The van der Waals surface area contributed by atoms with Gasteiger partial charge in [-0.3, -0.25) is 9.59 Å². The van der Waals surface area contributed by atoms with E-state index < -0.39 is 5.91 Å². The van der Waals surface area contributed by atoms with Gasteiger partial charge in [0, 0.05) is 36.7 Å². The topological polar surface area (TPSA) is 113 Å². The molecular formula is C24H26N6O2S. The molecule has 1 fully saturated rings. The molecule has 0 radical (unpaired) electrons. The number of thioether (sulfide) groups is 1. The molecule has 4 rings (SSSR count). The number of hydrogen-bond donors (Lipinski definition) is 3. The van der Waals surface area contributed by atoms with Crippen molar-refractivity contribution in [3.8, 4) is 0 Å². The van der Waals surface area contributed by atoms with Crippen LogP contribution in [0.5, 0.6) is 0 Å². The third-order valence-electron chi connectivity index (χ3n) is 5.47. The van der Waals surface area contributed by atoms with Gasteiger partial charge in [0.05, 0.1) is 23.1 Å². The number of carbonyl (C=O) groups excluding carboxylic acids is 2. The smallest absolute Gasteiger partial charge is 0.252 e. The average molecular weight is 463 g/mol. The van der Waals surface area contributed by atoms with Crippen molar-refractivity contribution in [3.05, 3.63) is 66.0 Å². The minimum atomic E-state index is -0.552. The van der Waals surface area contributed by atoms with Crippen molar-refractivity contribution in [3.63, 3.8) is 0 Å². The van der Waals surface area contributed by atoms with E-state index in [4.69, 9.17) is 5.73 Å². The molecule has 170 valence electrons. The second-order valence-corrected chi connectivity index (χ2v) is 8.52. The molecule has 0 atom stereocenters. The highest BCUT2D eigenvalue weighted by Crippen LogP contribution is 2.26. The fourth-order valence-electron chi connectivity index (χ4n) is 3.74. The van der Waals surface area contributed by atoms with Crippen LogP contribution in [0.25, 0.3) is 0 Å². The van der Waals surface area contributed by atoms with E-state index in [1.54, 1.807) is 28.9 Å². The summed E-state index contributed by atoms with van der Waals surface area (Å²) >= 11 is 1.67. The Kier molecular flexibility index (Phi) is 7.09. The van der Waals surface area contributed by atoms with Gasteiger partial charge in [0.2, 0.25) is 5.91 Å². The van der Waals surface area contributed by atoms with E-state index in [9.17, 15) is 9.59 Å². The standard InChI is InChI=1S/C24H26N6O2S/c1-33-20-7-3-2-6-16(20)13-26-19-12-22(28-15-18(19)24(25)32)29-21-10-9-17(14-27-21)30-11-5-4-8-23(30)31/h2-3,6-7,9-10,12,14-15H,4-5,8,11,13H2,1H3,(H2,25,32)(H2,26,27,28,29). The molecule has 33 heavy (non-hydrogen) atoms. The second kappa shape index (κ2) is 10.4. The first kappa shape index (κ1) is 22.6. The molecule has 1 aliphatic rings. The maximum absolute atomic E-state index is 12.1. The highest BCUT2D eigenvalue weighted by molar-refractivity contribution is 7.98. The monoisotopic (exact) mass is 462 g/mol. The lowest BCUT2D eigenvalue weighted by Crippen LogP contribution is -2.35. The molecule has 1 saturated heterocycles.